The summed E-state index contributed by atoms with van der Waals surface area (Å²) in [7, 11) is -3.10. The third-order valence-corrected chi connectivity index (χ3v) is 5.70. The van der Waals surface area contributed by atoms with E-state index in [4.69, 9.17) is 4.74 Å². The number of benzene rings is 2. The summed E-state index contributed by atoms with van der Waals surface area (Å²) in [5, 5.41) is 3.15. The first-order valence-electron chi connectivity index (χ1n) is 9.44. The number of morpholine rings is 1. The van der Waals surface area contributed by atoms with Crippen LogP contribution in [-0.4, -0.2) is 53.4 Å². The van der Waals surface area contributed by atoms with Gasteiger partial charge in [-0.15, -0.1) is 0 Å². The highest BCUT2D eigenvalue weighted by atomic mass is 32.2. The van der Waals surface area contributed by atoms with E-state index in [1.807, 2.05) is 30.3 Å². The van der Waals surface area contributed by atoms with Gasteiger partial charge in [0.15, 0.2) is 9.84 Å². The van der Waals surface area contributed by atoms with Crippen LogP contribution in [0.3, 0.4) is 0 Å². The van der Waals surface area contributed by atoms with Crippen molar-refractivity contribution in [3.8, 4) is 0 Å². The lowest BCUT2D eigenvalue weighted by atomic mass is 10.0. The summed E-state index contributed by atoms with van der Waals surface area (Å²) in [6.07, 6.45) is 1.20. The molecule has 1 saturated heterocycles. The molecule has 2 N–H and O–H groups in total. The van der Waals surface area contributed by atoms with Gasteiger partial charge in [0.25, 0.3) is 5.91 Å². The fourth-order valence-corrected chi connectivity index (χ4v) is 4.19. The first-order chi connectivity index (χ1) is 13.4. The maximum absolute atomic E-state index is 12.8. The van der Waals surface area contributed by atoms with Crippen molar-refractivity contribution in [3.63, 3.8) is 0 Å². The number of carbonyl (C=O) groups is 1. The average Bonchev–Trinajstić information content (AvgIpc) is 2.68. The van der Waals surface area contributed by atoms with Gasteiger partial charge in [0.1, 0.15) is 25.7 Å². The molecular formula is C21H27N2O4S+. The van der Waals surface area contributed by atoms with Gasteiger partial charge in [-0.1, -0.05) is 42.5 Å². The number of rotatable bonds is 7. The molecule has 6 nitrogen and oxygen atoms in total. The molecule has 0 unspecified atom stereocenters. The minimum absolute atomic E-state index is 0.0259. The van der Waals surface area contributed by atoms with Crippen LogP contribution in [0.5, 0.6) is 0 Å². The monoisotopic (exact) mass is 403 g/mol. The van der Waals surface area contributed by atoms with Crippen LogP contribution >= 0.6 is 0 Å². The Morgan fingerprint density at radius 1 is 1.07 bits per heavy atom. The smallest absolute Gasteiger partial charge is 0.251 e. The first kappa shape index (κ1) is 20.5. The molecule has 1 heterocycles. The maximum atomic E-state index is 12.8. The van der Waals surface area contributed by atoms with E-state index in [0.717, 1.165) is 38.4 Å². The Morgan fingerprint density at radius 2 is 1.71 bits per heavy atom. The highest BCUT2D eigenvalue weighted by Gasteiger charge is 2.23. The molecule has 0 saturated carbocycles. The number of amides is 1. The van der Waals surface area contributed by atoms with Crippen LogP contribution in [0.25, 0.3) is 0 Å². The lowest BCUT2D eigenvalue weighted by Gasteiger charge is -2.28. The zero-order chi connectivity index (χ0) is 20.0. The second-order valence-electron chi connectivity index (χ2n) is 7.27. The third-order valence-electron chi connectivity index (χ3n) is 4.84. The fourth-order valence-electron chi connectivity index (χ4n) is 3.39. The minimum Gasteiger partial charge on any atom is -0.370 e. The zero-order valence-corrected chi connectivity index (χ0v) is 16.9. The predicted molar refractivity (Wildman–Crippen MR) is 108 cm³/mol. The maximum Gasteiger partial charge on any atom is 0.251 e. The van der Waals surface area contributed by atoms with E-state index in [0.29, 0.717) is 11.1 Å². The van der Waals surface area contributed by atoms with Crippen LogP contribution in [0.15, 0.2) is 54.6 Å². The molecule has 150 valence electrons. The van der Waals surface area contributed by atoms with Crippen LogP contribution < -0.4 is 10.2 Å². The molecule has 0 bridgehead atoms. The highest BCUT2D eigenvalue weighted by molar-refractivity contribution is 7.89. The molecule has 1 aliphatic rings. The third kappa shape index (κ3) is 6.15. The Morgan fingerprint density at radius 3 is 2.32 bits per heavy atom. The Balaban J connectivity index is 1.71. The second-order valence-corrected chi connectivity index (χ2v) is 9.41. The Hall–Kier alpha value is -2.22. The molecule has 0 radical (unpaired) electrons. The van der Waals surface area contributed by atoms with Crippen LogP contribution in [0.2, 0.25) is 0 Å². The predicted octanol–water partition coefficient (Wildman–Crippen LogP) is 0.617. The number of hydrogen-bond acceptors (Lipinski definition) is 4. The van der Waals surface area contributed by atoms with E-state index in [1.165, 1.54) is 11.2 Å². The van der Waals surface area contributed by atoms with Gasteiger partial charge in [-0.3, -0.25) is 4.79 Å². The first-order valence-corrected chi connectivity index (χ1v) is 11.5. The molecule has 1 atom stereocenters. The van der Waals surface area contributed by atoms with Gasteiger partial charge in [0.2, 0.25) is 0 Å². The van der Waals surface area contributed by atoms with Crippen molar-refractivity contribution in [2.75, 3.05) is 39.1 Å². The largest absolute Gasteiger partial charge is 0.370 e. The quantitative estimate of drug-likeness (QED) is 0.711. The van der Waals surface area contributed by atoms with Crippen molar-refractivity contribution in [1.29, 1.82) is 0 Å². The summed E-state index contributed by atoms with van der Waals surface area (Å²) in [5.74, 6) is -0.186. The molecule has 28 heavy (non-hydrogen) atoms. The van der Waals surface area contributed by atoms with E-state index in [2.05, 4.69) is 5.32 Å². The lowest BCUT2D eigenvalue weighted by Crippen LogP contribution is -3.14. The summed E-state index contributed by atoms with van der Waals surface area (Å²) in [6.45, 7) is 4.14. The van der Waals surface area contributed by atoms with Crippen molar-refractivity contribution < 1.29 is 22.8 Å². The number of quaternary nitrogens is 1. The summed E-state index contributed by atoms with van der Waals surface area (Å²) in [6, 6.07) is 16.6. The summed E-state index contributed by atoms with van der Waals surface area (Å²) in [5.41, 5.74) is 2.27. The van der Waals surface area contributed by atoms with Gasteiger partial charge in [0.05, 0.1) is 19.0 Å². The van der Waals surface area contributed by atoms with Crippen LogP contribution in [0, 0.1) is 0 Å². The number of carbonyl (C=O) groups excluding carboxylic acids is 1. The molecule has 2 aromatic rings. The van der Waals surface area contributed by atoms with Gasteiger partial charge in [-0.05, 0) is 23.3 Å². The van der Waals surface area contributed by atoms with Crippen LogP contribution in [0.4, 0.5) is 0 Å². The van der Waals surface area contributed by atoms with Gasteiger partial charge < -0.3 is 15.0 Å². The Bertz CT molecular complexity index is 876. The number of hydrogen-bond donors (Lipinski definition) is 2. The van der Waals surface area contributed by atoms with E-state index in [1.54, 1.807) is 24.3 Å². The number of nitrogens with one attached hydrogen (secondary N) is 2. The highest BCUT2D eigenvalue weighted by Crippen LogP contribution is 2.13. The minimum atomic E-state index is -3.10. The lowest BCUT2D eigenvalue weighted by molar-refractivity contribution is -0.909. The van der Waals surface area contributed by atoms with Gasteiger partial charge in [-0.25, -0.2) is 8.42 Å². The molecule has 0 spiro atoms. The standard InChI is InChI=1S/C21H26N2O4S/c1-28(25,26)16-17-7-9-19(10-8-17)21(24)22-20(18-5-3-2-4-6-18)15-23-11-13-27-14-12-23/h2-10,20H,11-16H2,1H3,(H,22,24)/p+1/t20-/m0/s1. The van der Waals surface area contributed by atoms with Crippen LogP contribution in [0.1, 0.15) is 27.5 Å². The van der Waals surface area contributed by atoms with E-state index >= 15 is 0 Å². The Kier molecular flexibility index (Phi) is 6.83. The molecule has 7 heteroatoms. The van der Waals surface area contributed by atoms with E-state index in [9.17, 15) is 13.2 Å². The van der Waals surface area contributed by atoms with Crippen molar-refractivity contribution in [1.82, 2.24) is 5.32 Å². The molecule has 0 aromatic heterocycles. The average molecular weight is 404 g/mol. The summed E-state index contributed by atoms with van der Waals surface area (Å²) < 4.78 is 28.3. The topological polar surface area (TPSA) is 76.9 Å². The van der Waals surface area contributed by atoms with E-state index < -0.39 is 9.84 Å². The molecule has 0 aliphatic carbocycles. The van der Waals surface area contributed by atoms with Crippen molar-refractivity contribution in [2.45, 2.75) is 11.8 Å². The number of ether oxygens (including phenoxy) is 1. The van der Waals surface area contributed by atoms with Crippen molar-refractivity contribution >= 4 is 15.7 Å². The number of sulfone groups is 1. The Labute approximate surface area is 166 Å². The normalized spacial score (nSPS) is 16.5. The van der Waals surface area contributed by atoms with E-state index in [-0.39, 0.29) is 17.7 Å². The summed E-state index contributed by atoms with van der Waals surface area (Å²) >= 11 is 0. The van der Waals surface area contributed by atoms with Gasteiger partial charge >= 0.3 is 0 Å². The SMILES string of the molecule is CS(=O)(=O)Cc1ccc(C(=O)N[C@@H](C[NH+]2CCOCC2)c2ccccc2)cc1. The zero-order valence-electron chi connectivity index (χ0n) is 16.1. The fraction of sp³-hybridized carbons (Fsp3) is 0.381. The second kappa shape index (κ2) is 9.32. The molecule has 1 fully saturated rings. The van der Waals surface area contributed by atoms with Gasteiger partial charge in [0, 0.05) is 11.8 Å². The van der Waals surface area contributed by atoms with Gasteiger partial charge in [-0.2, -0.15) is 0 Å². The van der Waals surface area contributed by atoms with Crippen molar-refractivity contribution in [2.24, 2.45) is 0 Å². The van der Waals surface area contributed by atoms with Crippen LogP contribution in [-0.2, 0) is 20.3 Å². The molecule has 1 aliphatic heterocycles. The molecule has 2 aromatic carbocycles. The molecule has 3 rings (SSSR count). The summed E-state index contributed by atoms with van der Waals surface area (Å²) in [4.78, 5) is 14.2. The molecule has 1 amide bonds. The molecular weight excluding hydrogens is 376 g/mol. The van der Waals surface area contributed by atoms with Crippen molar-refractivity contribution in [3.05, 3.63) is 71.3 Å².